The minimum Gasteiger partial charge on any atom is -0.488 e. The minimum absolute atomic E-state index is 0.441. The summed E-state index contributed by atoms with van der Waals surface area (Å²) in [5, 5.41) is 4.31. The number of para-hydroxylation sites is 1. The molecule has 0 bridgehead atoms. The molecule has 3 rings (SSSR count). The first-order valence-electron chi connectivity index (χ1n) is 7.30. The number of fused-ring (bicyclic) bond motifs is 1. The number of anilines is 1. The zero-order chi connectivity index (χ0) is 16.1. The van der Waals surface area contributed by atoms with Crippen LogP contribution in [-0.4, -0.2) is 18.0 Å². The summed E-state index contributed by atoms with van der Waals surface area (Å²) in [5.41, 5.74) is 1.86. The average Bonchev–Trinajstić information content (AvgIpc) is 2.58. The van der Waals surface area contributed by atoms with Crippen molar-refractivity contribution in [3.8, 4) is 5.75 Å². The van der Waals surface area contributed by atoms with E-state index in [4.69, 9.17) is 4.74 Å². The van der Waals surface area contributed by atoms with Crippen molar-refractivity contribution in [1.29, 1.82) is 0 Å². The van der Waals surface area contributed by atoms with Crippen LogP contribution in [0.1, 0.15) is 5.56 Å². The molecule has 0 saturated heterocycles. The largest absolute Gasteiger partial charge is 0.488 e. The molecule has 118 valence electrons. The van der Waals surface area contributed by atoms with Crippen molar-refractivity contribution in [2.75, 3.05) is 11.9 Å². The Labute approximate surface area is 132 Å². The highest BCUT2D eigenvalue weighted by Crippen LogP contribution is 2.17. The summed E-state index contributed by atoms with van der Waals surface area (Å²) in [6.45, 7) is -0.0552. The Morgan fingerprint density at radius 2 is 1.87 bits per heavy atom. The lowest BCUT2D eigenvalue weighted by Gasteiger charge is -2.09. The topological polar surface area (TPSA) is 34.1 Å². The van der Waals surface area contributed by atoms with E-state index in [-0.39, 0.29) is 0 Å². The number of hydrogen-bond acceptors (Lipinski definition) is 3. The first-order chi connectivity index (χ1) is 11.2. The lowest BCUT2D eigenvalue weighted by atomic mass is 10.2. The summed E-state index contributed by atoms with van der Waals surface area (Å²) in [6, 6.07) is 18.9. The van der Waals surface area contributed by atoms with E-state index in [9.17, 15) is 8.78 Å². The third kappa shape index (κ3) is 4.16. The molecule has 3 nitrogen and oxygen atoms in total. The van der Waals surface area contributed by atoms with Crippen molar-refractivity contribution >= 4 is 16.7 Å². The molecule has 1 aromatic heterocycles. The standard InChI is InChI=1S/C18H16F2N2O/c19-17(20)12-23-15-6-3-4-13(10-15)11-21-18-9-8-14-5-1-2-7-16(14)22-18/h1-10,17H,11-12H2,(H,21,22). The number of alkyl halides is 2. The zero-order valence-electron chi connectivity index (χ0n) is 12.4. The second-order valence-electron chi connectivity index (χ2n) is 5.09. The molecule has 0 aliphatic rings. The van der Waals surface area contributed by atoms with Crippen molar-refractivity contribution in [3.05, 3.63) is 66.2 Å². The molecule has 3 aromatic rings. The number of ether oxygens (including phenoxy) is 1. The molecular weight excluding hydrogens is 298 g/mol. The van der Waals surface area contributed by atoms with E-state index in [1.807, 2.05) is 42.5 Å². The van der Waals surface area contributed by atoms with Gasteiger partial charge in [0, 0.05) is 11.9 Å². The van der Waals surface area contributed by atoms with E-state index >= 15 is 0 Å². The Morgan fingerprint density at radius 1 is 1.00 bits per heavy atom. The van der Waals surface area contributed by atoms with Crippen LogP contribution in [0, 0.1) is 0 Å². The van der Waals surface area contributed by atoms with Crippen molar-refractivity contribution in [3.63, 3.8) is 0 Å². The van der Waals surface area contributed by atoms with E-state index in [0.717, 1.165) is 22.3 Å². The summed E-state index contributed by atoms with van der Waals surface area (Å²) in [6.07, 6.45) is -2.47. The molecule has 0 amide bonds. The van der Waals surface area contributed by atoms with Crippen molar-refractivity contribution in [1.82, 2.24) is 4.98 Å². The van der Waals surface area contributed by atoms with E-state index in [1.165, 1.54) is 0 Å². The zero-order valence-corrected chi connectivity index (χ0v) is 12.4. The SMILES string of the molecule is FC(F)COc1cccc(CNc2ccc3ccccc3n2)c1. The van der Waals surface area contributed by atoms with Crippen molar-refractivity contribution in [2.45, 2.75) is 13.0 Å². The molecule has 0 aliphatic carbocycles. The first-order valence-corrected chi connectivity index (χ1v) is 7.30. The van der Waals surface area contributed by atoms with Crippen LogP contribution in [0.25, 0.3) is 10.9 Å². The van der Waals surface area contributed by atoms with Gasteiger partial charge in [-0.15, -0.1) is 0 Å². The summed E-state index contributed by atoms with van der Waals surface area (Å²) in [7, 11) is 0. The number of nitrogens with one attached hydrogen (secondary N) is 1. The molecule has 5 heteroatoms. The second kappa shape index (κ2) is 7.05. The fourth-order valence-electron chi connectivity index (χ4n) is 2.26. The Balaban J connectivity index is 1.66. The van der Waals surface area contributed by atoms with Gasteiger partial charge in [0.15, 0.2) is 0 Å². The average molecular weight is 314 g/mol. The van der Waals surface area contributed by atoms with Gasteiger partial charge in [0.1, 0.15) is 18.2 Å². The Kier molecular flexibility index (Phi) is 4.66. The third-order valence-electron chi connectivity index (χ3n) is 3.35. The molecule has 0 unspecified atom stereocenters. The number of nitrogens with zero attached hydrogens (tertiary/aromatic N) is 1. The van der Waals surface area contributed by atoms with Crippen LogP contribution in [0.3, 0.4) is 0 Å². The highest BCUT2D eigenvalue weighted by molar-refractivity contribution is 5.80. The quantitative estimate of drug-likeness (QED) is 0.728. The number of benzene rings is 2. The van der Waals surface area contributed by atoms with Gasteiger partial charge in [0.05, 0.1) is 5.52 Å². The monoisotopic (exact) mass is 314 g/mol. The van der Waals surface area contributed by atoms with Crippen LogP contribution in [0.15, 0.2) is 60.7 Å². The van der Waals surface area contributed by atoms with E-state index in [0.29, 0.717) is 12.3 Å². The van der Waals surface area contributed by atoms with Crippen LogP contribution >= 0.6 is 0 Å². The molecular formula is C18H16F2N2O. The highest BCUT2D eigenvalue weighted by Gasteiger charge is 2.04. The predicted molar refractivity (Wildman–Crippen MR) is 87.0 cm³/mol. The fraction of sp³-hybridized carbons (Fsp3) is 0.167. The smallest absolute Gasteiger partial charge is 0.272 e. The van der Waals surface area contributed by atoms with Crippen molar-refractivity contribution in [2.24, 2.45) is 0 Å². The maximum absolute atomic E-state index is 12.2. The van der Waals surface area contributed by atoms with Crippen LogP contribution in [0.5, 0.6) is 5.75 Å². The lowest BCUT2D eigenvalue weighted by molar-refractivity contribution is 0.0818. The number of pyridine rings is 1. The molecule has 1 heterocycles. The molecule has 0 fully saturated rings. The Morgan fingerprint density at radius 3 is 2.74 bits per heavy atom. The number of rotatable bonds is 6. The van der Waals surface area contributed by atoms with Crippen LogP contribution in [-0.2, 0) is 6.54 Å². The summed E-state index contributed by atoms with van der Waals surface area (Å²) >= 11 is 0. The molecule has 1 N–H and O–H groups in total. The van der Waals surface area contributed by atoms with Crippen molar-refractivity contribution < 1.29 is 13.5 Å². The molecule has 0 aliphatic heterocycles. The van der Waals surface area contributed by atoms with Crippen LogP contribution < -0.4 is 10.1 Å². The molecule has 2 aromatic carbocycles. The third-order valence-corrected chi connectivity index (χ3v) is 3.35. The van der Waals surface area contributed by atoms with Crippen LogP contribution in [0.4, 0.5) is 14.6 Å². The number of aromatic nitrogens is 1. The maximum Gasteiger partial charge on any atom is 0.272 e. The minimum atomic E-state index is -2.47. The van der Waals surface area contributed by atoms with Crippen LogP contribution in [0.2, 0.25) is 0 Å². The van der Waals surface area contributed by atoms with Gasteiger partial charge < -0.3 is 10.1 Å². The van der Waals surface area contributed by atoms with Gasteiger partial charge in [-0.2, -0.15) is 0 Å². The molecule has 23 heavy (non-hydrogen) atoms. The summed E-state index contributed by atoms with van der Waals surface area (Å²) in [4.78, 5) is 4.53. The number of halogens is 2. The molecule has 0 radical (unpaired) electrons. The van der Waals surface area contributed by atoms with Gasteiger partial charge in [-0.3, -0.25) is 0 Å². The molecule has 0 saturated carbocycles. The van der Waals surface area contributed by atoms with Gasteiger partial charge in [-0.05, 0) is 35.9 Å². The van der Waals surface area contributed by atoms with Gasteiger partial charge in [0.2, 0.25) is 0 Å². The van der Waals surface area contributed by atoms with Gasteiger partial charge >= 0.3 is 0 Å². The normalized spacial score (nSPS) is 10.9. The Bertz CT molecular complexity index is 793. The van der Waals surface area contributed by atoms with E-state index in [2.05, 4.69) is 10.3 Å². The van der Waals surface area contributed by atoms with Gasteiger partial charge in [-0.25, -0.2) is 13.8 Å². The lowest BCUT2D eigenvalue weighted by Crippen LogP contribution is -2.07. The van der Waals surface area contributed by atoms with E-state index in [1.54, 1.807) is 18.2 Å². The Hall–Kier alpha value is -2.69. The highest BCUT2D eigenvalue weighted by atomic mass is 19.3. The maximum atomic E-state index is 12.2. The molecule has 0 spiro atoms. The van der Waals surface area contributed by atoms with E-state index < -0.39 is 13.0 Å². The summed E-state index contributed by atoms with van der Waals surface area (Å²) < 4.78 is 29.4. The fourth-order valence-corrected chi connectivity index (χ4v) is 2.26. The van der Waals surface area contributed by atoms with Gasteiger partial charge in [-0.1, -0.05) is 30.3 Å². The summed E-state index contributed by atoms with van der Waals surface area (Å²) in [5.74, 6) is 1.21. The second-order valence-corrected chi connectivity index (χ2v) is 5.09. The predicted octanol–water partition coefficient (Wildman–Crippen LogP) is 4.49. The number of hydrogen-bond donors (Lipinski definition) is 1. The first kappa shape index (κ1) is 15.2. The molecule has 0 atom stereocenters. The van der Waals surface area contributed by atoms with Gasteiger partial charge in [0.25, 0.3) is 6.43 Å².